The number of unbranched alkanes of at least 4 members (excludes halogenated alkanes) is 1. The fourth-order valence-electron chi connectivity index (χ4n) is 7.37. The lowest BCUT2D eigenvalue weighted by molar-refractivity contribution is -0.148. The third-order valence-corrected chi connectivity index (χ3v) is 9.47. The zero-order valence-corrected chi connectivity index (χ0v) is 21.8. The summed E-state index contributed by atoms with van der Waals surface area (Å²) in [6.45, 7) is 2.33. The van der Waals surface area contributed by atoms with Crippen LogP contribution in [0.2, 0.25) is 0 Å². The Balaban J connectivity index is 1.13. The first-order valence-electron chi connectivity index (χ1n) is 14.2. The largest absolute Gasteiger partial charge is 0.375 e. The van der Waals surface area contributed by atoms with E-state index in [1.54, 1.807) is 24.3 Å². The van der Waals surface area contributed by atoms with Crippen LogP contribution in [0.5, 0.6) is 0 Å². The van der Waals surface area contributed by atoms with E-state index in [2.05, 4.69) is 10.6 Å². The first-order valence-corrected chi connectivity index (χ1v) is 14.2. The summed E-state index contributed by atoms with van der Waals surface area (Å²) in [6, 6.07) is 16.4. The SMILES string of the molecule is O=C1c2ccccc2C(=O)N1CCCCC(NC(=O)C(O)(c1ccccc1)C1CCCC1)C1C2CNCC21. The second-order valence-electron chi connectivity index (χ2n) is 11.6. The molecule has 0 radical (unpaired) electrons. The Morgan fingerprint density at radius 3 is 2.18 bits per heavy atom. The van der Waals surface area contributed by atoms with Gasteiger partial charge < -0.3 is 15.7 Å². The molecule has 0 spiro atoms. The quantitative estimate of drug-likeness (QED) is 0.332. The van der Waals surface area contributed by atoms with Crippen LogP contribution in [0.1, 0.15) is 71.2 Å². The maximum absolute atomic E-state index is 13.9. The fourth-order valence-corrected chi connectivity index (χ4v) is 7.37. The highest BCUT2D eigenvalue weighted by molar-refractivity contribution is 6.21. The molecule has 3 fully saturated rings. The van der Waals surface area contributed by atoms with Gasteiger partial charge in [0.25, 0.3) is 17.7 Å². The molecule has 200 valence electrons. The van der Waals surface area contributed by atoms with Gasteiger partial charge in [-0.15, -0.1) is 0 Å². The van der Waals surface area contributed by atoms with Crippen molar-refractivity contribution >= 4 is 17.7 Å². The van der Waals surface area contributed by atoms with Crippen molar-refractivity contribution < 1.29 is 19.5 Å². The number of hydrogen-bond donors (Lipinski definition) is 3. The second-order valence-corrected chi connectivity index (χ2v) is 11.6. The standard InChI is InChI=1S/C31H37N3O4/c35-28-22-14-6-7-15-23(22)29(36)34(28)17-9-8-16-26(27-24-18-32-19-25(24)27)33-30(37)31(38,21-12-4-5-13-21)20-10-2-1-3-11-20/h1-3,6-7,10-11,14-15,21,24-27,32,38H,4-5,8-9,12-13,16-19H2,(H,33,37). The monoisotopic (exact) mass is 515 g/mol. The van der Waals surface area contributed by atoms with E-state index in [4.69, 9.17) is 0 Å². The summed E-state index contributed by atoms with van der Waals surface area (Å²) in [5.74, 6) is 0.730. The highest BCUT2D eigenvalue weighted by Gasteiger charge is 2.57. The predicted molar refractivity (Wildman–Crippen MR) is 143 cm³/mol. The van der Waals surface area contributed by atoms with Crippen LogP contribution in [0.4, 0.5) is 0 Å². The van der Waals surface area contributed by atoms with Crippen LogP contribution in [-0.2, 0) is 10.4 Å². The fraction of sp³-hybridized carbons (Fsp3) is 0.516. The molecule has 2 aromatic rings. The third-order valence-electron chi connectivity index (χ3n) is 9.47. The van der Waals surface area contributed by atoms with E-state index in [0.29, 0.717) is 47.4 Å². The first-order chi connectivity index (χ1) is 18.5. The van der Waals surface area contributed by atoms with E-state index >= 15 is 0 Å². The zero-order chi connectivity index (χ0) is 26.3. The molecule has 7 nitrogen and oxygen atoms in total. The van der Waals surface area contributed by atoms with Crippen LogP contribution in [0.3, 0.4) is 0 Å². The molecule has 0 aromatic heterocycles. The van der Waals surface area contributed by atoms with Gasteiger partial charge in [0.2, 0.25) is 0 Å². The molecule has 4 aliphatic rings. The molecule has 4 atom stereocenters. The average molecular weight is 516 g/mol. The van der Waals surface area contributed by atoms with Crippen molar-refractivity contribution in [2.45, 2.75) is 56.6 Å². The normalized spacial score (nSPS) is 26.7. The van der Waals surface area contributed by atoms with E-state index in [9.17, 15) is 19.5 Å². The number of imide groups is 1. The van der Waals surface area contributed by atoms with Gasteiger partial charge in [-0.2, -0.15) is 0 Å². The highest BCUT2D eigenvalue weighted by Crippen LogP contribution is 2.52. The lowest BCUT2D eigenvalue weighted by atomic mass is 9.79. The lowest BCUT2D eigenvalue weighted by Gasteiger charge is -2.35. The summed E-state index contributed by atoms with van der Waals surface area (Å²) in [5, 5.41) is 18.7. The van der Waals surface area contributed by atoms with Crippen LogP contribution in [0.25, 0.3) is 0 Å². The van der Waals surface area contributed by atoms with E-state index in [0.717, 1.165) is 51.6 Å². The molecule has 0 bridgehead atoms. The minimum Gasteiger partial charge on any atom is -0.375 e. The number of carbonyl (C=O) groups is 3. The van der Waals surface area contributed by atoms with Crippen molar-refractivity contribution in [2.24, 2.45) is 23.7 Å². The number of fused-ring (bicyclic) bond motifs is 2. The van der Waals surface area contributed by atoms with E-state index in [-0.39, 0.29) is 29.7 Å². The number of hydrogen-bond acceptors (Lipinski definition) is 5. The molecule has 2 saturated carbocycles. The summed E-state index contributed by atoms with van der Waals surface area (Å²) in [4.78, 5) is 40.7. The zero-order valence-electron chi connectivity index (χ0n) is 21.8. The van der Waals surface area contributed by atoms with Crippen molar-refractivity contribution in [3.63, 3.8) is 0 Å². The number of aliphatic hydroxyl groups is 1. The van der Waals surface area contributed by atoms with Crippen LogP contribution in [0, 0.1) is 23.7 Å². The van der Waals surface area contributed by atoms with Crippen molar-refractivity contribution in [3.8, 4) is 0 Å². The summed E-state index contributed by atoms with van der Waals surface area (Å²) >= 11 is 0. The van der Waals surface area contributed by atoms with Crippen LogP contribution < -0.4 is 10.6 Å². The Morgan fingerprint density at radius 1 is 0.947 bits per heavy atom. The number of rotatable bonds is 10. The van der Waals surface area contributed by atoms with Crippen LogP contribution >= 0.6 is 0 Å². The number of nitrogens with zero attached hydrogens (tertiary/aromatic N) is 1. The molecule has 38 heavy (non-hydrogen) atoms. The summed E-state index contributed by atoms with van der Waals surface area (Å²) < 4.78 is 0. The number of amides is 3. The Morgan fingerprint density at radius 2 is 1.55 bits per heavy atom. The maximum Gasteiger partial charge on any atom is 0.261 e. The molecule has 2 aliphatic heterocycles. The number of nitrogens with one attached hydrogen (secondary N) is 2. The lowest BCUT2D eigenvalue weighted by Crippen LogP contribution is -2.53. The van der Waals surface area contributed by atoms with Gasteiger partial charge in [-0.3, -0.25) is 19.3 Å². The van der Waals surface area contributed by atoms with Crippen molar-refractivity contribution in [1.29, 1.82) is 0 Å². The van der Waals surface area contributed by atoms with Gasteiger partial charge in [-0.1, -0.05) is 55.3 Å². The maximum atomic E-state index is 13.9. The van der Waals surface area contributed by atoms with Crippen LogP contribution in [-0.4, -0.2) is 53.4 Å². The van der Waals surface area contributed by atoms with E-state index in [1.807, 2.05) is 30.3 Å². The average Bonchev–Trinajstić information content (AvgIpc) is 3.36. The molecule has 7 heteroatoms. The van der Waals surface area contributed by atoms with Crippen LogP contribution in [0.15, 0.2) is 54.6 Å². The number of piperidine rings is 1. The Hall–Kier alpha value is -3.03. The molecule has 2 heterocycles. The molecule has 4 unspecified atom stereocenters. The molecule has 2 aliphatic carbocycles. The summed E-state index contributed by atoms with van der Waals surface area (Å²) in [5.41, 5.74) is 0.103. The highest BCUT2D eigenvalue weighted by atomic mass is 16.3. The van der Waals surface area contributed by atoms with Gasteiger partial charge in [0, 0.05) is 18.5 Å². The molecular weight excluding hydrogens is 478 g/mol. The first kappa shape index (κ1) is 25.3. The minimum atomic E-state index is -1.53. The van der Waals surface area contributed by atoms with Crippen molar-refractivity contribution in [1.82, 2.24) is 15.5 Å². The summed E-state index contributed by atoms with van der Waals surface area (Å²) in [6.07, 6.45) is 6.00. The Labute approximate surface area is 224 Å². The van der Waals surface area contributed by atoms with Crippen molar-refractivity contribution in [2.75, 3.05) is 19.6 Å². The van der Waals surface area contributed by atoms with Gasteiger partial charge >= 0.3 is 0 Å². The number of carbonyl (C=O) groups excluding carboxylic acids is 3. The summed E-state index contributed by atoms with van der Waals surface area (Å²) in [7, 11) is 0. The second kappa shape index (κ2) is 10.3. The topological polar surface area (TPSA) is 98.7 Å². The smallest absolute Gasteiger partial charge is 0.261 e. The molecule has 3 amide bonds. The number of benzene rings is 2. The van der Waals surface area contributed by atoms with E-state index in [1.165, 1.54) is 4.90 Å². The Kier molecular flexibility index (Phi) is 6.82. The van der Waals surface area contributed by atoms with Gasteiger partial charge in [0.15, 0.2) is 5.60 Å². The van der Waals surface area contributed by atoms with Gasteiger partial charge in [0.05, 0.1) is 11.1 Å². The minimum absolute atomic E-state index is 0.0292. The molecule has 1 saturated heterocycles. The molecule has 2 aromatic carbocycles. The third kappa shape index (κ3) is 4.35. The van der Waals surface area contributed by atoms with E-state index < -0.39 is 5.60 Å². The van der Waals surface area contributed by atoms with Crippen molar-refractivity contribution in [3.05, 3.63) is 71.3 Å². The molecule has 3 N–H and O–H groups in total. The van der Waals surface area contributed by atoms with Gasteiger partial charge in [0.1, 0.15) is 0 Å². The Bertz CT molecular complexity index is 1170. The van der Waals surface area contributed by atoms with Gasteiger partial charge in [-0.25, -0.2) is 0 Å². The van der Waals surface area contributed by atoms with Gasteiger partial charge in [-0.05, 0) is 80.6 Å². The molecular formula is C31H37N3O4. The predicted octanol–water partition coefficient (Wildman–Crippen LogP) is 3.48. The molecule has 6 rings (SSSR count).